The van der Waals surface area contributed by atoms with Gasteiger partial charge in [0, 0.05) is 23.7 Å². The number of ketones is 1. The third kappa shape index (κ3) is 2.70. The van der Waals surface area contributed by atoms with E-state index in [1.165, 1.54) is 0 Å². The van der Waals surface area contributed by atoms with E-state index >= 15 is 0 Å². The van der Waals surface area contributed by atoms with Crippen LogP contribution in [0.2, 0.25) is 0 Å². The molecular weight excluding hydrogens is 286 g/mol. The molecule has 114 valence electrons. The Morgan fingerprint density at radius 1 is 1.04 bits per heavy atom. The molecule has 1 aromatic heterocycles. The van der Waals surface area contributed by atoms with Crippen molar-refractivity contribution in [1.29, 1.82) is 0 Å². The van der Waals surface area contributed by atoms with Crippen molar-refractivity contribution in [2.75, 3.05) is 0 Å². The molecule has 1 aliphatic rings. The summed E-state index contributed by atoms with van der Waals surface area (Å²) >= 11 is 0. The molecule has 0 amide bonds. The molecule has 1 aliphatic heterocycles. The van der Waals surface area contributed by atoms with Crippen LogP contribution in [0.3, 0.4) is 0 Å². The van der Waals surface area contributed by atoms with Crippen LogP contribution in [0.5, 0.6) is 5.75 Å². The van der Waals surface area contributed by atoms with Crippen LogP contribution in [0.25, 0.3) is 10.8 Å². The zero-order chi connectivity index (χ0) is 15.6. The molecule has 2 heterocycles. The monoisotopic (exact) mass is 303 g/mol. The van der Waals surface area contributed by atoms with Crippen molar-refractivity contribution in [3.8, 4) is 5.75 Å². The van der Waals surface area contributed by atoms with E-state index in [-0.39, 0.29) is 11.9 Å². The molecule has 0 bridgehead atoms. The van der Waals surface area contributed by atoms with Gasteiger partial charge in [0.15, 0.2) is 5.78 Å². The van der Waals surface area contributed by atoms with E-state index in [2.05, 4.69) is 4.98 Å². The molecule has 1 unspecified atom stereocenters. The van der Waals surface area contributed by atoms with Crippen LogP contribution in [-0.4, -0.2) is 16.9 Å². The molecule has 0 spiro atoms. The molecule has 0 saturated carbocycles. The SMILES string of the molecule is O=C1CC(CCc2ccccn2)Oc2c1ccc1ccccc21. The fraction of sp³-hybridized carbons (Fsp3) is 0.200. The Hall–Kier alpha value is -2.68. The predicted molar refractivity (Wildman–Crippen MR) is 89.9 cm³/mol. The fourth-order valence-electron chi connectivity index (χ4n) is 3.13. The Morgan fingerprint density at radius 3 is 2.78 bits per heavy atom. The number of nitrogens with zero attached hydrogens (tertiary/aromatic N) is 1. The van der Waals surface area contributed by atoms with Crippen molar-refractivity contribution in [2.24, 2.45) is 0 Å². The lowest BCUT2D eigenvalue weighted by molar-refractivity contribution is 0.0843. The standard InChI is InChI=1S/C20H17NO2/c22-19-13-16(10-9-15-6-3-4-12-21-15)23-20-17-7-2-1-5-14(17)8-11-18(19)20/h1-8,11-12,16H,9-10,13H2. The summed E-state index contributed by atoms with van der Waals surface area (Å²) < 4.78 is 6.19. The van der Waals surface area contributed by atoms with E-state index in [1.807, 2.05) is 54.6 Å². The van der Waals surface area contributed by atoms with Gasteiger partial charge < -0.3 is 4.74 Å². The molecule has 0 radical (unpaired) electrons. The fourth-order valence-corrected chi connectivity index (χ4v) is 3.13. The van der Waals surface area contributed by atoms with Crippen LogP contribution < -0.4 is 4.74 Å². The Labute approximate surface area is 134 Å². The highest BCUT2D eigenvalue weighted by Gasteiger charge is 2.27. The number of hydrogen-bond donors (Lipinski definition) is 0. The number of ether oxygens (including phenoxy) is 1. The number of rotatable bonds is 3. The first-order valence-electron chi connectivity index (χ1n) is 7.93. The third-order valence-electron chi connectivity index (χ3n) is 4.33. The number of carbonyl (C=O) groups is 1. The second-order valence-corrected chi connectivity index (χ2v) is 5.89. The minimum Gasteiger partial charge on any atom is -0.489 e. The summed E-state index contributed by atoms with van der Waals surface area (Å²) in [7, 11) is 0. The van der Waals surface area contributed by atoms with Crippen LogP contribution in [-0.2, 0) is 6.42 Å². The highest BCUT2D eigenvalue weighted by atomic mass is 16.5. The molecule has 0 saturated heterocycles. The molecule has 1 atom stereocenters. The molecular formula is C20H17NO2. The van der Waals surface area contributed by atoms with E-state index in [1.54, 1.807) is 6.20 Å². The van der Waals surface area contributed by atoms with Crippen molar-refractivity contribution in [3.63, 3.8) is 0 Å². The maximum absolute atomic E-state index is 12.5. The molecule has 4 rings (SSSR count). The summed E-state index contributed by atoms with van der Waals surface area (Å²) in [6.45, 7) is 0. The topological polar surface area (TPSA) is 39.2 Å². The Kier molecular flexibility index (Phi) is 3.54. The predicted octanol–water partition coefficient (Wildman–Crippen LogP) is 4.20. The van der Waals surface area contributed by atoms with Gasteiger partial charge in [0.2, 0.25) is 0 Å². The van der Waals surface area contributed by atoms with Gasteiger partial charge in [-0.05, 0) is 36.4 Å². The summed E-state index contributed by atoms with van der Waals surface area (Å²) in [6.07, 6.45) is 3.77. The molecule has 0 fully saturated rings. The molecule has 3 heteroatoms. The summed E-state index contributed by atoms with van der Waals surface area (Å²) in [5, 5.41) is 2.12. The Balaban J connectivity index is 1.60. The van der Waals surface area contributed by atoms with Gasteiger partial charge in [0.1, 0.15) is 11.9 Å². The number of fused-ring (bicyclic) bond motifs is 3. The molecule has 23 heavy (non-hydrogen) atoms. The van der Waals surface area contributed by atoms with Crippen molar-refractivity contribution < 1.29 is 9.53 Å². The third-order valence-corrected chi connectivity index (χ3v) is 4.33. The van der Waals surface area contributed by atoms with Gasteiger partial charge in [-0.25, -0.2) is 0 Å². The second kappa shape index (κ2) is 5.84. The van der Waals surface area contributed by atoms with Crippen LogP contribution in [0.15, 0.2) is 60.8 Å². The van der Waals surface area contributed by atoms with Gasteiger partial charge in [-0.1, -0.05) is 36.4 Å². The van der Waals surface area contributed by atoms with Crippen molar-refractivity contribution in [1.82, 2.24) is 4.98 Å². The van der Waals surface area contributed by atoms with Crippen LogP contribution in [0.1, 0.15) is 28.9 Å². The molecule has 2 aromatic carbocycles. The smallest absolute Gasteiger partial charge is 0.170 e. The first-order valence-corrected chi connectivity index (χ1v) is 7.93. The number of benzene rings is 2. The van der Waals surface area contributed by atoms with Crippen LogP contribution in [0.4, 0.5) is 0 Å². The van der Waals surface area contributed by atoms with E-state index < -0.39 is 0 Å². The van der Waals surface area contributed by atoms with Gasteiger partial charge >= 0.3 is 0 Å². The lowest BCUT2D eigenvalue weighted by Gasteiger charge is -2.26. The first-order chi connectivity index (χ1) is 11.3. The normalized spacial score (nSPS) is 16.9. The lowest BCUT2D eigenvalue weighted by atomic mass is 9.95. The number of aryl methyl sites for hydroxylation is 1. The van der Waals surface area contributed by atoms with E-state index in [0.717, 1.165) is 35.1 Å². The minimum absolute atomic E-state index is 0.0807. The van der Waals surface area contributed by atoms with Gasteiger partial charge in [-0.3, -0.25) is 9.78 Å². The number of Topliss-reactive ketones (excluding diaryl/α,β-unsaturated/α-hetero) is 1. The first kappa shape index (κ1) is 13.9. The summed E-state index contributed by atoms with van der Waals surface area (Å²) in [5.74, 6) is 0.911. The average Bonchev–Trinajstić information content (AvgIpc) is 2.61. The largest absolute Gasteiger partial charge is 0.489 e. The van der Waals surface area contributed by atoms with E-state index in [4.69, 9.17) is 4.74 Å². The van der Waals surface area contributed by atoms with Gasteiger partial charge in [-0.15, -0.1) is 0 Å². The van der Waals surface area contributed by atoms with E-state index in [0.29, 0.717) is 12.0 Å². The highest BCUT2D eigenvalue weighted by molar-refractivity contribution is 6.06. The van der Waals surface area contributed by atoms with Crippen LogP contribution >= 0.6 is 0 Å². The summed E-state index contributed by atoms with van der Waals surface area (Å²) in [5.41, 5.74) is 1.74. The quantitative estimate of drug-likeness (QED) is 0.728. The zero-order valence-corrected chi connectivity index (χ0v) is 12.7. The highest BCUT2D eigenvalue weighted by Crippen LogP contribution is 2.36. The Morgan fingerprint density at radius 2 is 1.91 bits per heavy atom. The van der Waals surface area contributed by atoms with Gasteiger partial charge in [0.05, 0.1) is 5.56 Å². The summed E-state index contributed by atoms with van der Waals surface area (Å²) in [4.78, 5) is 16.8. The number of hydrogen-bond acceptors (Lipinski definition) is 3. The van der Waals surface area contributed by atoms with Gasteiger partial charge in [0.25, 0.3) is 0 Å². The van der Waals surface area contributed by atoms with Gasteiger partial charge in [-0.2, -0.15) is 0 Å². The average molecular weight is 303 g/mol. The maximum atomic E-state index is 12.5. The number of aromatic nitrogens is 1. The summed E-state index contributed by atoms with van der Waals surface area (Å²) in [6, 6.07) is 17.8. The molecule has 3 nitrogen and oxygen atoms in total. The minimum atomic E-state index is -0.0807. The zero-order valence-electron chi connectivity index (χ0n) is 12.7. The van der Waals surface area contributed by atoms with Crippen molar-refractivity contribution in [3.05, 3.63) is 72.1 Å². The second-order valence-electron chi connectivity index (χ2n) is 5.89. The number of pyridine rings is 1. The van der Waals surface area contributed by atoms with Crippen LogP contribution in [0, 0.1) is 0 Å². The maximum Gasteiger partial charge on any atom is 0.170 e. The lowest BCUT2D eigenvalue weighted by Crippen LogP contribution is -2.27. The van der Waals surface area contributed by atoms with E-state index in [9.17, 15) is 4.79 Å². The molecule has 0 aliphatic carbocycles. The van der Waals surface area contributed by atoms with Crippen molar-refractivity contribution in [2.45, 2.75) is 25.4 Å². The molecule has 0 N–H and O–H groups in total. The number of carbonyl (C=O) groups excluding carboxylic acids is 1. The Bertz CT molecular complexity index is 858. The molecule has 3 aromatic rings. The van der Waals surface area contributed by atoms with Crippen molar-refractivity contribution >= 4 is 16.6 Å².